The number of fused-ring (bicyclic) bond motifs is 1. The molecule has 9 nitrogen and oxygen atoms in total. The quantitative estimate of drug-likeness (QED) is 0.196. The van der Waals surface area contributed by atoms with E-state index in [-0.39, 0.29) is 11.7 Å². The average Bonchev–Trinajstić information content (AvgIpc) is 3.53. The second kappa shape index (κ2) is 13.1. The van der Waals surface area contributed by atoms with E-state index >= 15 is 0 Å². The maximum atomic E-state index is 13.2. The fourth-order valence-corrected chi connectivity index (χ4v) is 5.31. The standard InChI is InChI=1S/C31H27ClN2O7S/c1-3-5-21-12-20(13-26(38-4-2)29(21)39-17-19-6-8-22(32)9-7-19)14-27-30(36)34(31(37)42-27)16-28(35)33-23-10-11-24-25(15-23)41-18-40-24/h3,6-15H,1,4-5,16-18H2,2H3,(H,33,35)/b27-14-. The monoisotopic (exact) mass is 606 g/mol. The first-order valence-electron chi connectivity index (χ1n) is 13.1. The van der Waals surface area contributed by atoms with E-state index in [4.69, 9.17) is 30.5 Å². The second-order valence-corrected chi connectivity index (χ2v) is 10.7. The van der Waals surface area contributed by atoms with Crippen molar-refractivity contribution in [3.8, 4) is 23.0 Å². The molecule has 1 N–H and O–H groups in total. The third-order valence-electron chi connectivity index (χ3n) is 6.24. The van der Waals surface area contributed by atoms with Gasteiger partial charge in [0.2, 0.25) is 12.7 Å². The van der Waals surface area contributed by atoms with Crippen molar-refractivity contribution in [2.24, 2.45) is 0 Å². The molecule has 3 aromatic carbocycles. The number of halogens is 1. The normalized spacial score (nSPS) is 14.8. The van der Waals surface area contributed by atoms with E-state index < -0.39 is 23.6 Å². The van der Waals surface area contributed by atoms with Gasteiger partial charge in [-0.2, -0.15) is 0 Å². The summed E-state index contributed by atoms with van der Waals surface area (Å²) in [5, 5.41) is 2.79. The number of thioether (sulfide) groups is 1. The summed E-state index contributed by atoms with van der Waals surface area (Å²) in [6.07, 6.45) is 3.84. The van der Waals surface area contributed by atoms with E-state index in [9.17, 15) is 14.4 Å². The summed E-state index contributed by atoms with van der Waals surface area (Å²) in [5.41, 5.74) is 2.85. The van der Waals surface area contributed by atoms with E-state index in [1.807, 2.05) is 25.1 Å². The number of hydrogen-bond acceptors (Lipinski definition) is 8. The summed E-state index contributed by atoms with van der Waals surface area (Å²) >= 11 is 6.77. The van der Waals surface area contributed by atoms with Crippen LogP contribution < -0.4 is 24.3 Å². The molecule has 3 aromatic rings. The van der Waals surface area contributed by atoms with E-state index in [1.54, 1.807) is 48.6 Å². The summed E-state index contributed by atoms with van der Waals surface area (Å²) in [5.74, 6) is 1.07. The lowest BCUT2D eigenvalue weighted by Crippen LogP contribution is -2.36. The third-order valence-corrected chi connectivity index (χ3v) is 7.40. The molecule has 5 rings (SSSR count). The number of ether oxygens (including phenoxy) is 4. The van der Waals surface area contributed by atoms with E-state index in [2.05, 4.69) is 11.9 Å². The highest BCUT2D eigenvalue weighted by Gasteiger charge is 2.36. The molecule has 216 valence electrons. The zero-order chi connectivity index (χ0) is 29.6. The van der Waals surface area contributed by atoms with Crippen LogP contribution in [-0.4, -0.2) is 41.9 Å². The molecule has 3 amide bonds. The molecule has 0 spiro atoms. The Balaban J connectivity index is 1.32. The lowest BCUT2D eigenvalue weighted by Gasteiger charge is -2.17. The first kappa shape index (κ1) is 29.1. The highest BCUT2D eigenvalue weighted by molar-refractivity contribution is 8.18. The highest BCUT2D eigenvalue weighted by atomic mass is 35.5. The maximum absolute atomic E-state index is 13.2. The fourth-order valence-electron chi connectivity index (χ4n) is 4.34. The van der Waals surface area contributed by atoms with Gasteiger partial charge in [0.05, 0.1) is 11.5 Å². The number of amides is 3. The molecule has 1 saturated heterocycles. The second-order valence-electron chi connectivity index (χ2n) is 9.23. The smallest absolute Gasteiger partial charge is 0.294 e. The van der Waals surface area contributed by atoms with Gasteiger partial charge >= 0.3 is 0 Å². The van der Waals surface area contributed by atoms with Gasteiger partial charge in [-0.3, -0.25) is 19.3 Å². The van der Waals surface area contributed by atoms with Gasteiger partial charge in [-0.1, -0.05) is 29.8 Å². The molecule has 0 unspecified atom stereocenters. The molecular formula is C31H27ClN2O7S. The number of allylic oxidation sites excluding steroid dienone is 1. The van der Waals surface area contributed by atoms with Crippen molar-refractivity contribution >= 4 is 52.2 Å². The van der Waals surface area contributed by atoms with Crippen molar-refractivity contribution in [2.45, 2.75) is 20.0 Å². The van der Waals surface area contributed by atoms with Gasteiger partial charge in [-0.05, 0) is 78.7 Å². The largest absolute Gasteiger partial charge is 0.490 e. The van der Waals surface area contributed by atoms with Gasteiger partial charge in [0.25, 0.3) is 11.1 Å². The number of imide groups is 1. The average molecular weight is 607 g/mol. The maximum Gasteiger partial charge on any atom is 0.294 e. The number of carbonyl (C=O) groups is 3. The van der Waals surface area contributed by atoms with Crippen LogP contribution in [0.5, 0.6) is 23.0 Å². The SMILES string of the molecule is C=CCc1cc(/C=C2\SC(=O)N(CC(=O)Nc3ccc4c(c3)OCO4)C2=O)cc(OCC)c1OCc1ccc(Cl)cc1. The van der Waals surface area contributed by atoms with Crippen LogP contribution in [0.2, 0.25) is 5.02 Å². The highest BCUT2D eigenvalue weighted by Crippen LogP contribution is 2.38. The van der Waals surface area contributed by atoms with Crippen LogP contribution in [0.1, 0.15) is 23.6 Å². The van der Waals surface area contributed by atoms with Crippen molar-refractivity contribution in [1.82, 2.24) is 4.90 Å². The molecule has 0 aromatic heterocycles. The third kappa shape index (κ3) is 6.72. The predicted molar refractivity (Wildman–Crippen MR) is 161 cm³/mol. The minimum atomic E-state index is -0.558. The molecule has 2 aliphatic heterocycles. The molecule has 2 aliphatic rings. The van der Waals surface area contributed by atoms with Crippen LogP contribution in [0.3, 0.4) is 0 Å². The molecule has 0 radical (unpaired) electrons. The van der Waals surface area contributed by atoms with Crippen molar-refractivity contribution in [1.29, 1.82) is 0 Å². The lowest BCUT2D eigenvalue weighted by atomic mass is 10.0. The van der Waals surface area contributed by atoms with E-state index in [1.165, 1.54) is 0 Å². The number of benzene rings is 3. The zero-order valence-electron chi connectivity index (χ0n) is 22.7. The molecule has 0 aliphatic carbocycles. The Morgan fingerprint density at radius 1 is 1.10 bits per heavy atom. The van der Waals surface area contributed by atoms with Crippen molar-refractivity contribution in [3.05, 3.63) is 93.9 Å². The number of hydrogen-bond donors (Lipinski definition) is 1. The van der Waals surface area contributed by atoms with Gasteiger partial charge in [-0.15, -0.1) is 6.58 Å². The Bertz CT molecular complexity index is 1570. The molecule has 2 heterocycles. The number of nitrogens with one attached hydrogen (secondary N) is 1. The molecule has 1 fully saturated rings. The van der Waals surface area contributed by atoms with Gasteiger partial charge < -0.3 is 24.3 Å². The van der Waals surface area contributed by atoms with E-state index in [0.29, 0.717) is 58.9 Å². The Labute approximate surface area is 252 Å². The fraction of sp³-hybridized carbons (Fsp3) is 0.194. The molecule has 0 bridgehead atoms. The zero-order valence-corrected chi connectivity index (χ0v) is 24.3. The van der Waals surface area contributed by atoms with Gasteiger partial charge in [-0.25, -0.2) is 0 Å². The predicted octanol–water partition coefficient (Wildman–Crippen LogP) is 6.45. The van der Waals surface area contributed by atoms with Crippen molar-refractivity contribution < 1.29 is 33.3 Å². The van der Waals surface area contributed by atoms with Crippen LogP contribution in [0.4, 0.5) is 10.5 Å². The van der Waals surface area contributed by atoms with Crippen LogP contribution in [0.15, 0.2) is 72.2 Å². The molecule has 0 atom stereocenters. The summed E-state index contributed by atoms with van der Waals surface area (Å²) < 4.78 is 22.7. The Morgan fingerprint density at radius 3 is 2.64 bits per heavy atom. The summed E-state index contributed by atoms with van der Waals surface area (Å²) in [6, 6.07) is 15.9. The van der Waals surface area contributed by atoms with E-state index in [0.717, 1.165) is 27.8 Å². The van der Waals surface area contributed by atoms with Crippen LogP contribution in [0, 0.1) is 0 Å². The minimum Gasteiger partial charge on any atom is -0.490 e. The Morgan fingerprint density at radius 2 is 1.88 bits per heavy atom. The molecule has 42 heavy (non-hydrogen) atoms. The van der Waals surface area contributed by atoms with Crippen molar-refractivity contribution in [2.75, 3.05) is 25.3 Å². The summed E-state index contributed by atoms with van der Waals surface area (Å²) in [4.78, 5) is 39.6. The molecule has 0 saturated carbocycles. The Hall–Kier alpha value is -4.41. The van der Waals surface area contributed by atoms with Crippen LogP contribution in [0.25, 0.3) is 6.08 Å². The van der Waals surface area contributed by atoms with Gasteiger partial charge in [0.15, 0.2) is 23.0 Å². The first-order chi connectivity index (χ1) is 20.3. The topological polar surface area (TPSA) is 103 Å². The minimum absolute atomic E-state index is 0.107. The van der Waals surface area contributed by atoms with Crippen LogP contribution >= 0.6 is 23.4 Å². The summed E-state index contributed by atoms with van der Waals surface area (Å²) in [6.45, 7) is 6.09. The lowest BCUT2D eigenvalue weighted by molar-refractivity contribution is -0.127. The number of carbonyl (C=O) groups excluding carboxylic acids is 3. The van der Waals surface area contributed by atoms with Crippen molar-refractivity contribution in [3.63, 3.8) is 0 Å². The first-order valence-corrected chi connectivity index (χ1v) is 14.3. The van der Waals surface area contributed by atoms with Crippen LogP contribution in [-0.2, 0) is 22.6 Å². The Kier molecular flexibility index (Phi) is 9.04. The number of rotatable bonds is 11. The molecule has 11 heteroatoms. The van der Waals surface area contributed by atoms with Gasteiger partial charge in [0, 0.05) is 22.3 Å². The summed E-state index contributed by atoms with van der Waals surface area (Å²) in [7, 11) is 0. The number of anilines is 1. The number of nitrogens with zero attached hydrogens (tertiary/aromatic N) is 1. The van der Waals surface area contributed by atoms with Gasteiger partial charge in [0.1, 0.15) is 13.2 Å². The molecular weight excluding hydrogens is 580 g/mol.